The van der Waals surface area contributed by atoms with E-state index in [2.05, 4.69) is 84.7 Å². The maximum Gasteiger partial charge on any atom is 0.0738 e. The molecule has 0 radical (unpaired) electrons. The molecule has 1 aliphatic carbocycles. The average molecular weight is 510 g/mol. The molecule has 2 fully saturated rings. The van der Waals surface area contributed by atoms with Crippen molar-refractivity contribution in [2.75, 3.05) is 39.8 Å². The maximum atomic E-state index is 12.1. The number of nitrogens with zero attached hydrogens (tertiary/aromatic N) is 2. The van der Waals surface area contributed by atoms with E-state index in [9.17, 15) is 5.11 Å². The van der Waals surface area contributed by atoms with Gasteiger partial charge in [-0.3, -0.25) is 0 Å². The summed E-state index contributed by atoms with van der Waals surface area (Å²) in [5.74, 6) is 0.136. The molecule has 1 N–H and O–H groups in total. The van der Waals surface area contributed by atoms with Gasteiger partial charge in [-0.15, -0.1) is 24.8 Å². The van der Waals surface area contributed by atoms with Crippen molar-refractivity contribution in [2.45, 2.75) is 58.5 Å². The molecule has 0 amide bonds. The van der Waals surface area contributed by atoms with Gasteiger partial charge >= 0.3 is 0 Å². The summed E-state index contributed by atoms with van der Waals surface area (Å²) in [5, 5.41) is 12.1. The Balaban J connectivity index is 0.00000210. The lowest BCUT2D eigenvalue weighted by Gasteiger charge is -2.53. The lowest BCUT2D eigenvalue weighted by molar-refractivity contribution is -0.108. The van der Waals surface area contributed by atoms with E-state index in [0.717, 1.165) is 50.0 Å². The lowest BCUT2D eigenvalue weighted by Crippen LogP contribution is -2.54. The van der Waals surface area contributed by atoms with Crippen LogP contribution in [-0.4, -0.2) is 60.3 Å². The van der Waals surface area contributed by atoms with Gasteiger partial charge in [-0.1, -0.05) is 55.8 Å². The summed E-state index contributed by atoms with van der Waals surface area (Å²) >= 11 is 3.65. The van der Waals surface area contributed by atoms with E-state index in [1.807, 2.05) is 0 Å². The second-order valence-electron chi connectivity index (χ2n) is 10.7. The predicted octanol–water partition coefficient (Wildman–Crippen LogP) is 5.59. The molecule has 0 spiro atoms. The number of hydrogen-bond donors (Lipinski definition) is 1. The minimum Gasteiger partial charge on any atom is -0.389 e. The zero-order valence-electron chi connectivity index (χ0n) is 18.6. The standard InChI is InChI=1S/C23H37BrN2O.2ClH/c1-21(2)15-22(3,4)17-23(27,16-21)20(18-7-6-8-19(24)13-18)14-26-11-9-25(5)10-12-26;;/h6-8,13,20,27H,9-12,14-17H2,1-5H3;2*1H. The number of aliphatic hydroxyl groups is 1. The highest BCUT2D eigenvalue weighted by atomic mass is 79.9. The number of piperazine rings is 1. The molecule has 29 heavy (non-hydrogen) atoms. The van der Waals surface area contributed by atoms with Crippen LogP contribution in [0.1, 0.15) is 58.4 Å². The Morgan fingerprint density at radius 1 is 0.966 bits per heavy atom. The first kappa shape index (κ1) is 27.2. The number of benzene rings is 1. The van der Waals surface area contributed by atoms with Gasteiger partial charge in [0.2, 0.25) is 0 Å². The molecule has 0 bridgehead atoms. The average Bonchev–Trinajstić information content (AvgIpc) is 2.50. The third-order valence-corrected chi connectivity index (χ3v) is 6.96. The fraction of sp³-hybridized carbons (Fsp3) is 0.739. The summed E-state index contributed by atoms with van der Waals surface area (Å²) in [6.07, 6.45) is 2.91. The van der Waals surface area contributed by atoms with Crippen molar-refractivity contribution in [1.29, 1.82) is 0 Å². The molecule has 6 heteroatoms. The van der Waals surface area contributed by atoms with Crippen molar-refractivity contribution in [3.8, 4) is 0 Å². The van der Waals surface area contributed by atoms with Gasteiger partial charge in [-0.05, 0) is 54.8 Å². The SMILES string of the molecule is CN1CCN(CC(c2cccc(Br)c2)C2(O)CC(C)(C)CC(C)(C)C2)CC1.Cl.Cl. The Hall–Kier alpha value is 0.160. The Morgan fingerprint density at radius 3 is 2.03 bits per heavy atom. The Kier molecular flexibility index (Phi) is 9.55. The second kappa shape index (κ2) is 10.2. The minimum absolute atomic E-state index is 0. The molecule has 1 unspecified atom stereocenters. The molecule has 1 aromatic carbocycles. The van der Waals surface area contributed by atoms with Gasteiger partial charge in [-0.25, -0.2) is 0 Å². The normalized spacial score (nSPS) is 24.8. The molecular weight excluding hydrogens is 471 g/mol. The first-order valence-electron chi connectivity index (χ1n) is 10.4. The van der Waals surface area contributed by atoms with Gasteiger partial charge in [0.05, 0.1) is 5.60 Å². The monoisotopic (exact) mass is 508 g/mol. The van der Waals surface area contributed by atoms with E-state index in [1.54, 1.807) is 0 Å². The highest BCUT2D eigenvalue weighted by molar-refractivity contribution is 9.10. The summed E-state index contributed by atoms with van der Waals surface area (Å²) < 4.78 is 1.10. The second-order valence-corrected chi connectivity index (χ2v) is 11.6. The highest BCUT2D eigenvalue weighted by Crippen LogP contribution is 2.54. The lowest BCUT2D eigenvalue weighted by atomic mass is 9.56. The van der Waals surface area contributed by atoms with Crippen molar-refractivity contribution in [1.82, 2.24) is 9.80 Å². The van der Waals surface area contributed by atoms with Crippen LogP contribution in [0.2, 0.25) is 0 Å². The van der Waals surface area contributed by atoms with Crippen molar-refractivity contribution >= 4 is 40.7 Å². The molecule has 3 nitrogen and oxygen atoms in total. The van der Waals surface area contributed by atoms with E-state index in [4.69, 9.17) is 0 Å². The molecular formula is C23H39BrCl2N2O. The number of halogens is 3. The molecule has 2 aliphatic rings. The van der Waals surface area contributed by atoms with Crippen LogP contribution in [0.3, 0.4) is 0 Å². The molecule has 1 aliphatic heterocycles. The van der Waals surface area contributed by atoms with E-state index in [0.29, 0.717) is 0 Å². The fourth-order valence-electron chi connectivity index (χ4n) is 5.98. The van der Waals surface area contributed by atoms with E-state index >= 15 is 0 Å². The third kappa shape index (κ3) is 7.08. The van der Waals surface area contributed by atoms with Crippen LogP contribution in [0, 0.1) is 10.8 Å². The summed E-state index contributed by atoms with van der Waals surface area (Å²) in [7, 11) is 2.20. The minimum atomic E-state index is -0.671. The largest absolute Gasteiger partial charge is 0.389 e. The van der Waals surface area contributed by atoms with Crippen LogP contribution >= 0.6 is 40.7 Å². The van der Waals surface area contributed by atoms with Crippen molar-refractivity contribution in [3.05, 3.63) is 34.3 Å². The van der Waals surface area contributed by atoms with Gasteiger partial charge in [0, 0.05) is 43.1 Å². The zero-order chi connectivity index (χ0) is 19.9. The van der Waals surface area contributed by atoms with Crippen LogP contribution in [0.4, 0.5) is 0 Å². The Bertz CT molecular complexity index is 644. The first-order chi connectivity index (χ1) is 12.5. The molecule has 168 valence electrons. The van der Waals surface area contributed by atoms with Gasteiger partial charge in [0.1, 0.15) is 0 Å². The van der Waals surface area contributed by atoms with Gasteiger partial charge < -0.3 is 14.9 Å². The summed E-state index contributed by atoms with van der Waals surface area (Å²) in [6.45, 7) is 14.6. The van der Waals surface area contributed by atoms with E-state index in [-0.39, 0.29) is 41.6 Å². The Morgan fingerprint density at radius 2 is 1.52 bits per heavy atom. The van der Waals surface area contributed by atoms with Crippen LogP contribution in [0.15, 0.2) is 28.7 Å². The van der Waals surface area contributed by atoms with E-state index in [1.165, 1.54) is 12.0 Å². The van der Waals surface area contributed by atoms with Crippen molar-refractivity contribution < 1.29 is 5.11 Å². The first-order valence-corrected chi connectivity index (χ1v) is 11.2. The summed E-state index contributed by atoms with van der Waals surface area (Å²) in [5.41, 5.74) is 0.903. The molecule has 1 heterocycles. The summed E-state index contributed by atoms with van der Waals surface area (Å²) in [6, 6.07) is 8.61. The van der Waals surface area contributed by atoms with Crippen LogP contribution < -0.4 is 0 Å². The molecule has 3 rings (SSSR count). The number of likely N-dealkylation sites (N-methyl/N-ethyl adjacent to an activating group) is 1. The number of hydrogen-bond acceptors (Lipinski definition) is 3. The van der Waals surface area contributed by atoms with Crippen molar-refractivity contribution in [2.24, 2.45) is 10.8 Å². The number of rotatable bonds is 4. The summed E-state index contributed by atoms with van der Waals surface area (Å²) in [4.78, 5) is 4.95. The zero-order valence-corrected chi connectivity index (χ0v) is 21.8. The molecule has 1 atom stereocenters. The fourth-order valence-corrected chi connectivity index (χ4v) is 6.40. The van der Waals surface area contributed by atoms with Gasteiger partial charge in [0.25, 0.3) is 0 Å². The topological polar surface area (TPSA) is 26.7 Å². The Labute approximate surface area is 198 Å². The molecule has 0 aromatic heterocycles. The highest BCUT2D eigenvalue weighted by Gasteiger charge is 2.50. The molecule has 1 aromatic rings. The van der Waals surface area contributed by atoms with Crippen molar-refractivity contribution in [3.63, 3.8) is 0 Å². The van der Waals surface area contributed by atoms with Gasteiger partial charge in [0.15, 0.2) is 0 Å². The quantitative estimate of drug-likeness (QED) is 0.572. The molecule has 1 saturated carbocycles. The maximum absolute atomic E-state index is 12.1. The smallest absolute Gasteiger partial charge is 0.0738 e. The van der Waals surface area contributed by atoms with Crippen LogP contribution in [0.25, 0.3) is 0 Å². The predicted molar refractivity (Wildman–Crippen MR) is 132 cm³/mol. The third-order valence-electron chi connectivity index (χ3n) is 6.46. The van der Waals surface area contributed by atoms with Gasteiger partial charge in [-0.2, -0.15) is 0 Å². The molecule has 1 saturated heterocycles. The van der Waals surface area contributed by atoms with Crippen LogP contribution in [-0.2, 0) is 0 Å². The van der Waals surface area contributed by atoms with E-state index < -0.39 is 5.60 Å². The van der Waals surface area contributed by atoms with Crippen LogP contribution in [0.5, 0.6) is 0 Å².